The number of benzene rings is 1. The number of alkyl halides is 1. The summed E-state index contributed by atoms with van der Waals surface area (Å²) >= 11 is 11.2. The number of ether oxygens (including phenoxy) is 2. The summed E-state index contributed by atoms with van der Waals surface area (Å²) in [5.74, 6) is 0.576. The van der Waals surface area contributed by atoms with Crippen LogP contribution >= 0.6 is 23.2 Å². The van der Waals surface area contributed by atoms with Crippen molar-refractivity contribution in [1.82, 2.24) is 0 Å². The lowest BCUT2D eigenvalue weighted by Gasteiger charge is -2.13. The zero-order valence-electron chi connectivity index (χ0n) is 11.6. The number of carbonyl (C=O) groups is 1. The normalized spacial score (nSPS) is 11.8. The summed E-state index contributed by atoms with van der Waals surface area (Å²) < 4.78 is 10.6. The number of hydrogen-bond acceptors (Lipinski definition) is 5. The first-order valence-electron chi connectivity index (χ1n) is 6.18. The van der Waals surface area contributed by atoms with Crippen molar-refractivity contribution in [1.29, 1.82) is 0 Å². The second kappa shape index (κ2) is 8.05. The number of hydrogen-bond donors (Lipinski definition) is 0. The van der Waals surface area contributed by atoms with E-state index in [1.807, 2.05) is 0 Å². The van der Waals surface area contributed by atoms with Gasteiger partial charge >= 0.3 is 0 Å². The summed E-state index contributed by atoms with van der Waals surface area (Å²) in [6.45, 7) is 1.83. The third-order valence-electron chi connectivity index (χ3n) is 2.71. The maximum absolute atomic E-state index is 11.1. The topological polar surface area (TPSA) is 78.7 Å². The number of methoxy groups -OCH3 is 1. The molecule has 8 heteroatoms. The van der Waals surface area contributed by atoms with E-state index in [0.29, 0.717) is 17.7 Å². The average molecular weight is 336 g/mol. The number of rotatable bonds is 8. The molecule has 1 atom stereocenters. The van der Waals surface area contributed by atoms with Crippen LogP contribution in [0.5, 0.6) is 11.5 Å². The molecule has 1 rings (SSSR count). The maximum Gasteiger partial charge on any atom is 0.278 e. The molecule has 6 nitrogen and oxygen atoms in total. The Morgan fingerprint density at radius 1 is 1.43 bits per heavy atom. The fraction of sp³-hybridized carbons (Fsp3) is 0.462. The highest BCUT2D eigenvalue weighted by Crippen LogP contribution is 2.39. The SMILES string of the molecule is COc1cc(C(C)Cl)c([N+](=O)[O-])cc1OCCCC(=O)Cl. The molecule has 1 aromatic carbocycles. The molecule has 0 aliphatic heterocycles. The first-order chi connectivity index (χ1) is 9.86. The Bertz CT molecular complexity index is 534. The van der Waals surface area contributed by atoms with E-state index < -0.39 is 15.5 Å². The molecule has 0 amide bonds. The van der Waals surface area contributed by atoms with Crippen molar-refractivity contribution >= 4 is 34.1 Å². The van der Waals surface area contributed by atoms with E-state index >= 15 is 0 Å². The minimum absolute atomic E-state index is 0.137. The standard InChI is InChI=1S/C13H15Cl2NO5/c1-8(14)9-6-11(20-2)12(7-10(9)16(18)19)21-5-3-4-13(15)17/h6-8H,3-5H2,1-2H3. The van der Waals surface area contributed by atoms with Gasteiger partial charge in [0.15, 0.2) is 11.5 Å². The minimum atomic E-state index is -0.540. The highest BCUT2D eigenvalue weighted by molar-refractivity contribution is 6.63. The molecule has 0 radical (unpaired) electrons. The predicted molar refractivity (Wildman–Crippen MR) is 79.5 cm³/mol. The van der Waals surface area contributed by atoms with E-state index in [4.69, 9.17) is 32.7 Å². The van der Waals surface area contributed by atoms with E-state index in [1.165, 1.54) is 19.2 Å². The highest BCUT2D eigenvalue weighted by Gasteiger charge is 2.22. The van der Waals surface area contributed by atoms with Gasteiger partial charge in [-0.2, -0.15) is 0 Å². The molecular weight excluding hydrogens is 321 g/mol. The van der Waals surface area contributed by atoms with Crippen LogP contribution in [-0.4, -0.2) is 23.9 Å². The van der Waals surface area contributed by atoms with Crippen molar-refractivity contribution in [2.45, 2.75) is 25.1 Å². The summed E-state index contributed by atoms with van der Waals surface area (Å²) in [6.07, 6.45) is 0.579. The van der Waals surface area contributed by atoms with Crippen molar-refractivity contribution in [3.05, 3.63) is 27.8 Å². The van der Waals surface area contributed by atoms with Crippen LogP contribution in [0.25, 0.3) is 0 Å². The maximum atomic E-state index is 11.1. The lowest BCUT2D eigenvalue weighted by atomic mass is 10.1. The van der Waals surface area contributed by atoms with E-state index in [1.54, 1.807) is 6.92 Å². The second-order valence-electron chi connectivity index (χ2n) is 4.24. The van der Waals surface area contributed by atoms with Crippen molar-refractivity contribution in [3.8, 4) is 11.5 Å². The van der Waals surface area contributed by atoms with E-state index in [-0.39, 0.29) is 24.5 Å². The number of carbonyl (C=O) groups excluding carboxylic acids is 1. The van der Waals surface area contributed by atoms with Crippen molar-refractivity contribution in [3.63, 3.8) is 0 Å². The highest BCUT2D eigenvalue weighted by atomic mass is 35.5. The van der Waals surface area contributed by atoms with Gasteiger partial charge in [-0.05, 0) is 31.0 Å². The monoisotopic (exact) mass is 335 g/mol. The average Bonchev–Trinajstić information content (AvgIpc) is 2.42. The van der Waals surface area contributed by atoms with Crippen molar-refractivity contribution in [2.75, 3.05) is 13.7 Å². The zero-order chi connectivity index (χ0) is 16.0. The second-order valence-corrected chi connectivity index (χ2v) is 5.32. The minimum Gasteiger partial charge on any atom is -0.493 e. The number of nitro benzene ring substituents is 1. The fourth-order valence-electron chi connectivity index (χ4n) is 1.71. The number of halogens is 2. The third kappa shape index (κ3) is 5.06. The van der Waals surface area contributed by atoms with Gasteiger partial charge < -0.3 is 9.47 Å². The van der Waals surface area contributed by atoms with Crippen molar-refractivity contribution in [2.24, 2.45) is 0 Å². The number of nitrogens with zero attached hydrogens (tertiary/aromatic N) is 1. The summed E-state index contributed by atoms with van der Waals surface area (Å²) in [6, 6.07) is 2.76. The van der Waals surface area contributed by atoms with Gasteiger partial charge in [-0.1, -0.05) is 0 Å². The van der Waals surface area contributed by atoms with Gasteiger partial charge in [0.2, 0.25) is 5.24 Å². The fourth-order valence-corrected chi connectivity index (χ4v) is 2.02. The molecule has 0 heterocycles. The molecule has 0 fully saturated rings. The van der Waals surface area contributed by atoms with Gasteiger partial charge in [0.1, 0.15) is 0 Å². The van der Waals surface area contributed by atoms with E-state index in [2.05, 4.69) is 0 Å². The first kappa shape index (κ1) is 17.5. The molecule has 0 aliphatic carbocycles. The quantitative estimate of drug-likeness (QED) is 0.237. The Kier molecular flexibility index (Phi) is 6.71. The van der Waals surface area contributed by atoms with Gasteiger partial charge in [-0.25, -0.2) is 0 Å². The van der Waals surface area contributed by atoms with Gasteiger partial charge in [0, 0.05) is 6.42 Å². The predicted octanol–water partition coefficient (Wildman–Crippen LogP) is 3.83. The summed E-state index contributed by atoms with van der Waals surface area (Å²) in [5.41, 5.74) is 0.212. The molecule has 0 spiro atoms. The van der Waals surface area contributed by atoms with Crippen LogP contribution in [-0.2, 0) is 4.79 Å². The summed E-state index contributed by atoms with van der Waals surface area (Å²) in [5, 5.41) is 10.1. The Balaban J connectivity index is 2.99. The Labute approximate surface area is 132 Å². The largest absolute Gasteiger partial charge is 0.493 e. The molecule has 116 valence electrons. The van der Waals surface area contributed by atoms with Crippen LogP contribution in [0.3, 0.4) is 0 Å². The molecule has 1 aromatic rings. The van der Waals surface area contributed by atoms with Crippen LogP contribution in [0.15, 0.2) is 12.1 Å². The Morgan fingerprint density at radius 3 is 2.57 bits per heavy atom. The zero-order valence-corrected chi connectivity index (χ0v) is 13.1. The van der Waals surface area contributed by atoms with Gasteiger partial charge in [-0.15, -0.1) is 11.6 Å². The van der Waals surface area contributed by atoms with Crippen LogP contribution in [0, 0.1) is 10.1 Å². The van der Waals surface area contributed by atoms with E-state index in [0.717, 1.165) is 0 Å². The summed E-state index contributed by atoms with van der Waals surface area (Å²) in [4.78, 5) is 21.2. The van der Waals surface area contributed by atoms with Crippen LogP contribution in [0.1, 0.15) is 30.7 Å². The first-order valence-corrected chi connectivity index (χ1v) is 6.99. The lowest BCUT2D eigenvalue weighted by molar-refractivity contribution is -0.385. The van der Waals surface area contributed by atoms with Crippen molar-refractivity contribution < 1.29 is 19.2 Å². The van der Waals surface area contributed by atoms with Gasteiger partial charge in [0.05, 0.1) is 35.6 Å². The molecule has 0 aliphatic rings. The summed E-state index contributed by atoms with van der Waals surface area (Å²) in [7, 11) is 1.43. The number of nitro groups is 1. The molecule has 0 bridgehead atoms. The Morgan fingerprint density at radius 2 is 2.10 bits per heavy atom. The molecular formula is C13H15Cl2NO5. The van der Waals surface area contributed by atoms with Crippen LogP contribution in [0.2, 0.25) is 0 Å². The van der Waals surface area contributed by atoms with Gasteiger partial charge in [0.25, 0.3) is 5.69 Å². The van der Waals surface area contributed by atoms with Crippen LogP contribution < -0.4 is 9.47 Å². The molecule has 0 saturated heterocycles. The Hall–Kier alpha value is -1.53. The molecule has 0 saturated carbocycles. The van der Waals surface area contributed by atoms with Gasteiger partial charge in [-0.3, -0.25) is 14.9 Å². The smallest absolute Gasteiger partial charge is 0.278 e. The third-order valence-corrected chi connectivity index (χ3v) is 3.14. The molecule has 1 unspecified atom stereocenters. The molecule has 0 N–H and O–H groups in total. The molecule has 21 heavy (non-hydrogen) atoms. The lowest BCUT2D eigenvalue weighted by Crippen LogP contribution is -2.04. The molecule has 0 aromatic heterocycles. The van der Waals surface area contributed by atoms with E-state index in [9.17, 15) is 14.9 Å². The van der Waals surface area contributed by atoms with Crippen LogP contribution in [0.4, 0.5) is 5.69 Å².